The Bertz CT molecular complexity index is 983. The van der Waals surface area contributed by atoms with E-state index in [0.29, 0.717) is 16.7 Å². The molecule has 1 aromatic rings. The van der Waals surface area contributed by atoms with Crippen LogP contribution in [0.15, 0.2) is 46.9 Å². The maximum Gasteiger partial charge on any atom is 0.178 e. The minimum Gasteiger partial charge on any atom is -0.393 e. The summed E-state index contributed by atoms with van der Waals surface area (Å²) >= 11 is 0. The van der Waals surface area contributed by atoms with Crippen LogP contribution in [0, 0.1) is 40.4 Å². The summed E-state index contributed by atoms with van der Waals surface area (Å²) in [6.07, 6.45) is 11.3. The number of sulfone groups is 1. The molecule has 0 heterocycles. The minimum atomic E-state index is -3.25. The number of rotatable bonds is 4. The molecule has 7 unspecified atom stereocenters. The third kappa shape index (κ3) is 3.52. The minimum absolute atomic E-state index is 0.150. The third-order valence-corrected chi connectivity index (χ3v) is 12.4. The molecule has 4 aliphatic rings. The molecule has 0 radical (unpaired) electrons. The Morgan fingerprint density at radius 2 is 1.78 bits per heavy atom. The van der Waals surface area contributed by atoms with Crippen molar-refractivity contribution in [2.24, 2.45) is 40.4 Å². The van der Waals surface area contributed by atoms with Gasteiger partial charge in [0, 0.05) is 0 Å². The second-order valence-electron chi connectivity index (χ2n) is 12.0. The number of fused-ring (bicyclic) bond motifs is 5. The maximum absolute atomic E-state index is 13.1. The lowest BCUT2D eigenvalue weighted by atomic mass is 9.47. The van der Waals surface area contributed by atoms with E-state index in [4.69, 9.17) is 0 Å². The zero-order chi connectivity index (χ0) is 22.7. The van der Waals surface area contributed by atoms with Gasteiger partial charge < -0.3 is 5.11 Å². The number of benzene rings is 1. The molecule has 3 saturated carbocycles. The highest BCUT2D eigenvalue weighted by atomic mass is 32.2. The van der Waals surface area contributed by atoms with Crippen molar-refractivity contribution in [3.63, 3.8) is 0 Å². The SMILES string of the molecule is C[C@H](CS(=O)(=O)c1ccccc1)C1CCC2C3CC=C4CC(O)CCC4(C)C3CCC21C. The van der Waals surface area contributed by atoms with Gasteiger partial charge in [0.1, 0.15) is 0 Å². The van der Waals surface area contributed by atoms with Crippen LogP contribution in [-0.2, 0) is 9.84 Å². The Balaban J connectivity index is 1.36. The first-order chi connectivity index (χ1) is 15.1. The molecule has 4 heteroatoms. The Labute approximate surface area is 194 Å². The molecule has 0 saturated heterocycles. The van der Waals surface area contributed by atoms with Crippen LogP contribution >= 0.6 is 0 Å². The molecular weight excluding hydrogens is 416 g/mol. The van der Waals surface area contributed by atoms with Gasteiger partial charge in [-0.2, -0.15) is 0 Å². The molecule has 176 valence electrons. The highest BCUT2D eigenvalue weighted by Crippen LogP contribution is 2.67. The van der Waals surface area contributed by atoms with Crippen LogP contribution in [0.4, 0.5) is 0 Å². The third-order valence-electron chi connectivity index (χ3n) is 10.4. The maximum atomic E-state index is 13.1. The number of hydrogen-bond donors (Lipinski definition) is 1. The van der Waals surface area contributed by atoms with Gasteiger partial charge in [-0.05, 0) is 104 Å². The fourth-order valence-electron chi connectivity index (χ4n) is 8.80. The summed E-state index contributed by atoms with van der Waals surface area (Å²) in [6.45, 7) is 7.16. The van der Waals surface area contributed by atoms with E-state index in [0.717, 1.165) is 37.5 Å². The van der Waals surface area contributed by atoms with E-state index in [1.165, 1.54) is 31.3 Å². The summed E-state index contributed by atoms with van der Waals surface area (Å²) in [4.78, 5) is 0.465. The topological polar surface area (TPSA) is 54.4 Å². The van der Waals surface area contributed by atoms with Gasteiger partial charge in [0.05, 0.1) is 16.8 Å². The molecule has 1 N–H and O–H groups in total. The van der Waals surface area contributed by atoms with Crippen LogP contribution in [0.2, 0.25) is 0 Å². The Morgan fingerprint density at radius 1 is 1.03 bits per heavy atom. The molecule has 32 heavy (non-hydrogen) atoms. The molecule has 4 aliphatic carbocycles. The second kappa shape index (κ2) is 7.98. The van der Waals surface area contributed by atoms with Crippen LogP contribution in [0.5, 0.6) is 0 Å². The van der Waals surface area contributed by atoms with Crippen molar-refractivity contribution in [3.05, 3.63) is 42.0 Å². The Kier molecular flexibility index (Phi) is 5.65. The van der Waals surface area contributed by atoms with Crippen molar-refractivity contribution in [2.45, 2.75) is 83.1 Å². The Morgan fingerprint density at radius 3 is 2.53 bits per heavy atom. The quantitative estimate of drug-likeness (QED) is 0.562. The van der Waals surface area contributed by atoms with Crippen LogP contribution < -0.4 is 0 Å². The van der Waals surface area contributed by atoms with E-state index in [1.54, 1.807) is 12.1 Å². The van der Waals surface area contributed by atoms with Gasteiger partial charge in [0.15, 0.2) is 9.84 Å². The van der Waals surface area contributed by atoms with E-state index in [2.05, 4.69) is 26.8 Å². The van der Waals surface area contributed by atoms with E-state index in [-0.39, 0.29) is 28.6 Å². The zero-order valence-electron chi connectivity index (χ0n) is 20.0. The fourth-order valence-corrected chi connectivity index (χ4v) is 10.5. The van der Waals surface area contributed by atoms with Crippen LogP contribution in [0.3, 0.4) is 0 Å². The molecule has 1 aromatic carbocycles. The first-order valence-electron chi connectivity index (χ1n) is 12.8. The predicted molar refractivity (Wildman–Crippen MR) is 129 cm³/mol. The average Bonchev–Trinajstić information content (AvgIpc) is 3.12. The van der Waals surface area contributed by atoms with Crippen LogP contribution in [-0.4, -0.2) is 25.4 Å². The highest BCUT2D eigenvalue weighted by Gasteiger charge is 2.59. The number of aliphatic hydroxyl groups excluding tert-OH is 1. The average molecular weight is 457 g/mol. The van der Waals surface area contributed by atoms with Crippen molar-refractivity contribution in [1.82, 2.24) is 0 Å². The lowest BCUT2D eigenvalue weighted by Gasteiger charge is -2.58. The van der Waals surface area contributed by atoms with Crippen LogP contribution in [0.25, 0.3) is 0 Å². The summed E-state index contributed by atoms with van der Waals surface area (Å²) in [5.41, 5.74) is 2.05. The van der Waals surface area contributed by atoms with Gasteiger partial charge in [-0.3, -0.25) is 0 Å². The predicted octanol–water partition coefficient (Wildman–Crippen LogP) is 6.04. The van der Waals surface area contributed by atoms with E-state index in [9.17, 15) is 13.5 Å². The zero-order valence-corrected chi connectivity index (χ0v) is 20.8. The van der Waals surface area contributed by atoms with Crippen molar-refractivity contribution in [2.75, 3.05) is 5.75 Å². The van der Waals surface area contributed by atoms with Gasteiger partial charge in [-0.15, -0.1) is 0 Å². The summed E-state index contributed by atoms with van der Waals surface area (Å²) in [7, 11) is -3.25. The lowest BCUT2D eigenvalue weighted by molar-refractivity contribution is -0.0554. The first-order valence-corrected chi connectivity index (χ1v) is 14.5. The summed E-state index contributed by atoms with van der Waals surface area (Å²) in [6, 6.07) is 8.99. The number of allylic oxidation sites excluding steroid dienone is 1. The van der Waals surface area contributed by atoms with E-state index >= 15 is 0 Å². The first kappa shape index (κ1) is 22.7. The van der Waals surface area contributed by atoms with E-state index in [1.807, 2.05) is 18.2 Å². The number of aliphatic hydroxyl groups is 1. The van der Waals surface area contributed by atoms with Crippen molar-refractivity contribution in [3.8, 4) is 0 Å². The monoisotopic (exact) mass is 456 g/mol. The normalized spacial score (nSPS) is 42.4. The summed E-state index contributed by atoms with van der Waals surface area (Å²) < 4.78 is 26.2. The molecule has 5 rings (SSSR count). The fraction of sp³-hybridized carbons (Fsp3) is 0.714. The molecule has 0 bridgehead atoms. The van der Waals surface area contributed by atoms with Crippen molar-refractivity contribution < 1.29 is 13.5 Å². The highest BCUT2D eigenvalue weighted by molar-refractivity contribution is 7.91. The van der Waals surface area contributed by atoms with Crippen molar-refractivity contribution in [1.29, 1.82) is 0 Å². The number of hydrogen-bond acceptors (Lipinski definition) is 3. The molecular formula is C28H40O3S. The largest absolute Gasteiger partial charge is 0.393 e. The summed E-state index contributed by atoms with van der Waals surface area (Å²) in [5, 5.41) is 10.2. The molecule has 8 atom stereocenters. The summed E-state index contributed by atoms with van der Waals surface area (Å²) in [5.74, 6) is 3.09. The van der Waals surface area contributed by atoms with Crippen molar-refractivity contribution >= 4 is 9.84 Å². The van der Waals surface area contributed by atoms with Crippen LogP contribution in [0.1, 0.15) is 72.1 Å². The molecule has 0 aromatic heterocycles. The van der Waals surface area contributed by atoms with Gasteiger partial charge in [-0.25, -0.2) is 8.42 Å². The van der Waals surface area contributed by atoms with E-state index < -0.39 is 9.84 Å². The molecule has 3 fully saturated rings. The second-order valence-corrected chi connectivity index (χ2v) is 14.0. The molecule has 0 amide bonds. The molecule has 0 aliphatic heterocycles. The Hall–Kier alpha value is -1.13. The molecule has 3 nitrogen and oxygen atoms in total. The van der Waals surface area contributed by atoms with Gasteiger partial charge in [0.25, 0.3) is 0 Å². The standard InChI is InChI=1S/C28H40O3S/c1-19(18-32(30,31)22-7-5-4-6-8-22)24-11-12-25-23-10-9-20-17-21(29)13-15-27(20,2)26(23)14-16-28(24,25)3/h4-9,19,21,23-26,29H,10-18H2,1-3H3/t19-,21?,23?,24?,25?,26?,27?,28?/m1/s1. The van der Waals surface area contributed by atoms with Gasteiger partial charge in [-0.1, -0.05) is 50.6 Å². The lowest BCUT2D eigenvalue weighted by Crippen LogP contribution is -2.51. The smallest absolute Gasteiger partial charge is 0.178 e. The van der Waals surface area contributed by atoms with Gasteiger partial charge in [0.2, 0.25) is 0 Å². The van der Waals surface area contributed by atoms with Gasteiger partial charge >= 0.3 is 0 Å². The molecule has 0 spiro atoms.